The van der Waals surface area contributed by atoms with Gasteiger partial charge in [0, 0.05) is 11.8 Å². The molecule has 1 aromatic heterocycles. The van der Waals surface area contributed by atoms with E-state index in [2.05, 4.69) is 16.9 Å². The van der Waals surface area contributed by atoms with Crippen molar-refractivity contribution in [3.63, 3.8) is 0 Å². The summed E-state index contributed by atoms with van der Waals surface area (Å²) in [6, 6.07) is 11.0. The summed E-state index contributed by atoms with van der Waals surface area (Å²) in [4.78, 5) is 30.9. The van der Waals surface area contributed by atoms with E-state index in [-0.39, 0.29) is 18.1 Å². The van der Waals surface area contributed by atoms with Gasteiger partial charge in [0.25, 0.3) is 5.56 Å². The molecule has 1 N–H and O–H groups in total. The monoisotopic (exact) mass is 364 g/mol. The van der Waals surface area contributed by atoms with Crippen molar-refractivity contribution in [3.8, 4) is 0 Å². The topological polar surface area (TPSA) is 72.0 Å². The quantitative estimate of drug-likeness (QED) is 0.440. The molecule has 0 bridgehead atoms. The fourth-order valence-electron chi connectivity index (χ4n) is 1.88. The number of nitrogens with zero attached hydrogens (tertiary/aromatic N) is 1. The van der Waals surface area contributed by atoms with Crippen molar-refractivity contribution in [2.24, 2.45) is 0 Å². The number of nitrogens with one attached hydrogen (secondary N) is 1. The van der Waals surface area contributed by atoms with E-state index >= 15 is 0 Å². The Bertz CT molecular complexity index is 719. The molecular weight excluding hydrogens is 344 g/mol. The number of carbonyl (C=O) groups excluding carboxylic acids is 1. The van der Waals surface area contributed by atoms with Crippen LogP contribution in [0.1, 0.15) is 25.1 Å². The SMILES string of the molecule is CCSCc1cc(=O)[nH]c(SC(C)C(=O)OCc2ccccc2)n1. The van der Waals surface area contributed by atoms with Crippen LogP contribution in [-0.2, 0) is 21.9 Å². The Morgan fingerprint density at radius 2 is 2.08 bits per heavy atom. The second-order valence-corrected chi connectivity index (χ2v) is 7.64. The minimum atomic E-state index is -0.453. The maximum absolute atomic E-state index is 12.1. The highest BCUT2D eigenvalue weighted by Gasteiger charge is 2.18. The third kappa shape index (κ3) is 6.05. The molecule has 0 saturated carbocycles. The van der Waals surface area contributed by atoms with Gasteiger partial charge in [-0.15, -0.1) is 0 Å². The molecule has 0 saturated heterocycles. The second-order valence-electron chi connectivity index (χ2n) is 5.03. The fourth-order valence-corrected chi connectivity index (χ4v) is 3.27. The van der Waals surface area contributed by atoms with Crippen LogP contribution in [0.2, 0.25) is 0 Å². The summed E-state index contributed by atoms with van der Waals surface area (Å²) in [7, 11) is 0. The fraction of sp³-hybridized carbons (Fsp3) is 0.353. The molecule has 2 rings (SSSR count). The van der Waals surface area contributed by atoms with Gasteiger partial charge >= 0.3 is 5.97 Å². The van der Waals surface area contributed by atoms with Gasteiger partial charge in [-0.25, -0.2) is 4.98 Å². The number of hydrogen-bond acceptors (Lipinski definition) is 6. The van der Waals surface area contributed by atoms with E-state index in [1.807, 2.05) is 30.3 Å². The number of aromatic nitrogens is 2. The van der Waals surface area contributed by atoms with E-state index in [9.17, 15) is 9.59 Å². The molecule has 1 unspecified atom stereocenters. The van der Waals surface area contributed by atoms with Gasteiger partial charge in [-0.2, -0.15) is 11.8 Å². The molecule has 0 spiro atoms. The predicted octanol–water partition coefficient (Wildman–Crippen LogP) is 3.25. The Kier molecular flexibility index (Phi) is 7.39. The first-order valence-electron chi connectivity index (χ1n) is 7.63. The van der Waals surface area contributed by atoms with Crippen LogP contribution in [0.3, 0.4) is 0 Å². The van der Waals surface area contributed by atoms with Crippen LogP contribution in [0.15, 0.2) is 46.3 Å². The molecule has 0 aliphatic carbocycles. The van der Waals surface area contributed by atoms with Gasteiger partial charge in [0.15, 0.2) is 5.16 Å². The summed E-state index contributed by atoms with van der Waals surface area (Å²) in [5.74, 6) is 1.31. The number of rotatable bonds is 8. The Balaban J connectivity index is 1.93. The first-order chi connectivity index (χ1) is 11.6. The Morgan fingerprint density at radius 1 is 1.33 bits per heavy atom. The summed E-state index contributed by atoms with van der Waals surface area (Å²) >= 11 is 2.89. The highest BCUT2D eigenvalue weighted by molar-refractivity contribution is 8.00. The van der Waals surface area contributed by atoms with Crippen LogP contribution < -0.4 is 5.56 Å². The van der Waals surface area contributed by atoms with Crippen LogP contribution in [-0.4, -0.2) is 26.9 Å². The van der Waals surface area contributed by atoms with Crippen LogP contribution in [0.25, 0.3) is 0 Å². The van der Waals surface area contributed by atoms with E-state index in [0.717, 1.165) is 17.0 Å². The lowest BCUT2D eigenvalue weighted by Crippen LogP contribution is -2.18. The Labute approximate surface area is 149 Å². The van der Waals surface area contributed by atoms with Gasteiger partial charge in [-0.05, 0) is 18.2 Å². The zero-order valence-electron chi connectivity index (χ0n) is 13.7. The van der Waals surface area contributed by atoms with E-state index in [0.29, 0.717) is 10.9 Å². The van der Waals surface area contributed by atoms with Gasteiger partial charge in [0.05, 0.1) is 5.69 Å². The summed E-state index contributed by atoms with van der Waals surface area (Å²) in [5, 5.41) is -0.00990. The molecule has 1 aromatic carbocycles. The average Bonchev–Trinajstić information content (AvgIpc) is 2.58. The third-order valence-electron chi connectivity index (χ3n) is 3.07. The molecule has 128 valence electrons. The number of aromatic amines is 1. The van der Waals surface area contributed by atoms with Crippen molar-refractivity contribution in [2.75, 3.05) is 5.75 Å². The largest absolute Gasteiger partial charge is 0.460 e. The molecule has 0 radical (unpaired) electrons. The van der Waals surface area contributed by atoms with E-state index < -0.39 is 5.25 Å². The minimum Gasteiger partial charge on any atom is -0.460 e. The first-order valence-corrected chi connectivity index (χ1v) is 9.67. The number of carbonyl (C=O) groups is 1. The van der Waals surface area contributed by atoms with E-state index in [1.54, 1.807) is 18.7 Å². The van der Waals surface area contributed by atoms with Crippen molar-refractivity contribution in [1.29, 1.82) is 0 Å². The van der Waals surface area contributed by atoms with Gasteiger partial charge < -0.3 is 9.72 Å². The predicted molar refractivity (Wildman–Crippen MR) is 98.3 cm³/mol. The molecule has 1 atom stereocenters. The number of ether oxygens (including phenoxy) is 1. The molecule has 0 aliphatic rings. The van der Waals surface area contributed by atoms with Crippen LogP contribution in [0.5, 0.6) is 0 Å². The van der Waals surface area contributed by atoms with Gasteiger partial charge in [-0.1, -0.05) is 49.0 Å². The van der Waals surface area contributed by atoms with E-state index in [4.69, 9.17) is 4.74 Å². The Morgan fingerprint density at radius 3 is 2.79 bits per heavy atom. The van der Waals surface area contributed by atoms with Crippen LogP contribution in [0, 0.1) is 0 Å². The van der Waals surface area contributed by atoms with Gasteiger partial charge in [0.1, 0.15) is 11.9 Å². The number of thioether (sulfide) groups is 2. The number of hydrogen-bond donors (Lipinski definition) is 1. The highest BCUT2D eigenvalue weighted by Crippen LogP contribution is 2.21. The third-order valence-corrected chi connectivity index (χ3v) is 4.94. The van der Waals surface area contributed by atoms with Crippen LogP contribution >= 0.6 is 23.5 Å². The summed E-state index contributed by atoms with van der Waals surface area (Å²) in [6.45, 7) is 4.03. The standard InChI is InChI=1S/C17H20N2O3S2/c1-3-23-11-14-9-15(20)19-17(18-14)24-12(2)16(21)22-10-13-7-5-4-6-8-13/h4-9,12H,3,10-11H2,1-2H3,(H,18,19,20). The zero-order chi connectivity index (χ0) is 17.4. The van der Waals surface area contributed by atoms with Crippen molar-refractivity contribution in [3.05, 3.63) is 58.0 Å². The van der Waals surface area contributed by atoms with E-state index in [1.165, 1.54) is 17.8 Å². The molecule has 5 nitrogen and oxygen atoms in total. The normalized spacial score (nSPS) is 11.9. The van der Waals surface area contributed by atoms with Crippen LogP contribution in [0.4, 0.5) is 0 Å². The number of benzene rings is 1. The molecule has 0 amide bonds. The van der Waals surface area contributed by atoms with Crippen molar-refractivity contribution in [1.82, 2.24) is 9.97 Å². The van der Waals surface area contributed by atoms with Gasteiger partial charge in [-0.3, -0.25) is 9.59 Å². The molecule has 0 fully saturated rings. The van der Waals surface area contributed by atoms with Crippen molar-refractivity contribution < 1.29 is 9.53 Å². The molecule has 24 heavy (non-hydrogen) atoms. The maximum Gasteiger partial charge on any atom is 0.319 e. The van der Waals surface area contributed by atoms with Crippen molar-refractivity contribution >= 4 is 29.5 Å². The lowest BCUT2D eigenvalue weighted by atomic mass is 10.2. The molecular formula is C17H20N2O3S2. The highest BCUT2D eigenvalue weighted by atomic mass is 32.2. The van der Waals surface area contributed by atoms with Crippen molar-refractivity contribution in [2.45, 2.75) is 36.6 Å². The smallest absolute Gasteiger partial charge is 0.319 e. The first kappa shape index (κ1) is 18.6. The maximum atomic E-state index is 12.1. The minimum absolute atomic E-state index is 0.205. The molecule has 0 aliphatic heterocycles. The molecule has 1 heterocycles. The number of H-pyrrole nitrogens is 1. The average molecular weight is 364 g/mol. The van der Waals surface area contributed by atoms with Gasteiger partial charge in [0.2, 0.25) is 0 Å². The summed E-state index contributed by atoms with van der Waals surface area (Å²) < 4.78 is 5.30. The number of esters is 1. The summed E-state index contributed by atoms with van der Waals surface area (Å²) in [6.07, 6.45) is 0. The summed E-state index contributed by atoms with van der Waals surface area (Å²) in [5.41, 5.74) is 1.45. The molecule has 2 aromatic rings. The zero-order valence-corrected chi connectivity index (χ0v) is 15.3. The second kappa shape index (κ2) is 9.54. The lowest BCUT2D eigenvalue weighted by Gasteiger charge is -2.11. The molecule has 7 heteroatoms. The Hall–Kier alpha value is -1.73. The lowest BCUT2D eigenvalue weighted by molar-refractivity contribution is -0.143.